The number of imidazole rings is 1. The molecule has 5 aromatic rings. The predicted octanol–water partition coefficient (Wildman–Crippen LogP) is 6.44. The first kappa shape index (κ1) is 35.0. The van der Waals surface area contributed by atoms with Crippen molar-refractivity contribution in [1.82, 2.24) is 24.8 Å². The lowest BCUT2D eigenvalue weighted by atomic mass is 9.73. The molecule has 1 amide bonds. The number of hydrogen-bond acceptors (Lipinski definition) is 7. The van der Waals surface area contributed by atoms with Crippen molar-refractivity contribution in [1.29, 1.82) is 0 Å². The van der Waals surface area contributed by atoms with E-state index in [-0.39, 0.29) is 54.7 Å². The number of amides is 1. The minimum atomic E-state index is -0.234. The monoisotopic (exact) mass is 680 g/mol. The fraction of sp³-hybridized carbons (Fsp3) is 0.294. The normalized spacial score (nSPS) is 15.6. The number of nitrogens with two attached hydrogens (primary N) is 2. The van der Waals surface area contributed by atoms with E-state index in [1.54, 1.807) is 13.1 Å². The van der Waals surface area contributed by atoms with E-state index >= 15 is 0 Å². The Labute approximate surface area is 287 Å². The van der Waals surface area contributed by atoms with Gasteiger partial charge in [0.2, 0.25) is 5.91 Å². The molecular weight excluding hydrogens is 643 g/mol. The minimum absolute atomic E-state index is 0. The Hall–Kier alpha value is -3.89. The summed E-state index contributed by atoms with van der Waals surface area (Å²) in [5.41, 5.74) is 20.1. The second-order valence-corrected chi connectivity index (χ2v) is 11.8. The van der Waals surface area contributed by atoms with Crippen molar-refractivity contribution in [2.24, 2.45) is 5.73 Å². The van der Waals surface area contributed by atoms with Crippen LogP contribution in [0.1, 0.15) is 44.6 Å². The summed E-state index contributed by atoms with van der Waals surface area (Å²) in [6, 6.07) is 25.0. The maximum absolute atomic E-state index is 11.5. The number of anilines is 2. The van der Waals surface area contributed by atoms with Gasteiger partial charge in [0.15, 0.2) is 11.5 Å². The van der Waals surface area contributed by atoms with E-state index in [0.717, 1.165) is 90.1 Å². The number of aromatic nitrogens is 4. The van der Waals surface area contributed by atoms with Crippen molar-refractivity contribution in [2.45, 2.75) is 50.6 Å². The second-order valence-electron chi connectivity index (χ2n) is 11.8. The van der Waals surface area contributed by atoms with Crippen molar-refractivity contribution in [3.05, 3.63) is 84.6 Å². The summed E-state index contributed by atoms with van der Waals surface area (Å²) < 4.78 is 2.07. The van der Waals surface area contributed by atoms with Gasteiger partial charge in [-0.2, -0.15) is 0 Å². The standard InChI is InChI=1S/C34H36N8O.3ClH/c1-22(43)38-25-14-19-41(20-15-25)27-6-2-5-23(21-27)29-12-13-30-33(39-29)42(32(40-30)28-7-3-18-37-31(28)35)26-10-8-24(9-11-26)34(36)16-4-17-34;;;/h2-3,5-13,18,21,25H,4,14-17,19-20,36H2,1H3,(H2,35,37)(H,38,43);3*1H. The first-order valence-corrected chi connectivity index (χ1v) is 15.0. The quantitative estimate of drug-likeness (QED) is 0.188. The molecule has 2 aliphatic rings. The van der Waals surface area contributed by atoms with E-state index in [4.69, 9.17) is 21.4 Å². The molecule has 4 heterocycles. The summed E-state index contributed by atoms with van der Waals surface area (Å²) in [6.45, 7) is 3.37. The first-order valence-electron chi connectivity index (χ1n) is 15.0. The van der Waals surface area contributed by atoms with Gasteiger partial charge in [-0.25, -0.2) is 15.0 Å². The summed E-state index contributed by atoms with van der Waals surface area (Å²) in [4.78, 5) is 28.4. The molecule has 12 heteroatoms. The molecule has 242 valence electrons. The lowest BCUT2D eigenvalue weighted by Crippen LogP contribution is -2.44. The van der Waals surface area contributed by atoms with Gasteiger partial charge >= 0.3 is 0 Å². The lowest BCUT2D eigenvalue weighted by molar-refractivity contribution is -0.119. The van der Waals surface area contributed by atoms with Gasteiger partial charge in [0.25, 0.3) is 0 Å². The number of piperidine rings is 1. The molecule has 1 aliphatic heterocycles. The number of nitrogens with zero attached hydrogens (tertiary/aromatic N) is 5. The van der Waals surface area contributed by atoms with Gasteiger partial charge < -0.3 is 21.7 Å². The van der Waals surface area contributed by atoms with Crippen LogP contribution in [0.4, 0.5) is 11.5 Å². The summed E-state index contributed by atoms with van der Waals surface area (Å²) in [5, 5.41) is 3.06. The molecule has 1 aliphatic carbocycles. The number of carbonyl (C=O) groups is 1. The molecule has 1 saturated heterocycles. The zero-order chi connectivity index (χ0) is 29.6. The fourth-order valence-corrected chi connectivity index (χ4v) is 6.37. The first-order chi connectivity index (χ1) is 20.9. The Kier molecular flexibility index (Phi) is 10.8. The number of rotatable bonds is 6. The lowest BCUT2D eigenvalue weighted by Gasteiger charge is -2.38. The Morgan fingerprint density at radius 2 is 1.65 bits per heavy atom. The summed E-state index contributed by atoms with van der Waals surface area (Å²) in [6.07, 6.45) is 6.73. The van der Waals surface area contributed by atoms with Crippen LogP contribution in [0.3, 0.4) is 0 Å². The highest BCUT2D eigenvalue weighted by molar-refractivity contribution is 5.86. The third kappa shape index (κ3) is 6.64. The number of fused-ring (bicyclic) bond motifs is 1. The van der Waals surface area contributed by atoms with Gasteiger partial charge in [-0.15, -0.1) is 37.2 Å². The van der Waals surface area contributed by atoms with E-state index in [2.05, 4.69) is 68.3 Å². The summed E-state index contributed by atoms with van der Waals surface area (Å²) >= 11 is 0. The van der Waals surface area contributed by atoms with E-state index in [1.807, 2.05) is 24.3 Å². The maximum Gasteiger partial charge on any atom is 0.217 e. The van der Waals surface area contributed by atoms with Crippen molar-refractivity contribution < 1.29 is 4.79 Å². The van der Waals surface area contributed by atoms with Crippen LogP contribution in [-0.2, 0) is 10.3 Å². The Morgan fingerprint density at radius 1 is 0.913 bits per heavy atom. The van der Waals surface area contributed by atoms with E-state index in [1.165, 1.54) is 0 Å². The third-order valence-electron chi connectivity index (χ3n) is 8.94. The van der Waals surface area contributed by atoms with Crippen LogP contribution >= 0.6 is 37.2 Å². The topological polar surface area (TPSA) is 128 Å². The molecule has 5 N–H and O–H groups in total. The van der Waals surface area contributed by atoms with Crippen LogP contribution in [0, 0.1) is 0 Å². The minimum Gasteiger partial charge on any atom is -0.383 e. The summed E-state index contributed by atoms with van der Waals surface area (Å²) in [5.74, 6) is 1.15. The molecule has 0 spiro atoms. The SMILES string of the molecule is CC(=O)NC1CCN(c2cccc(-c3ccc4nc(-c5cccnc5N)n(-c5ccc(C6(N)CCC6)cc5)c4n3)c2)CC1.Cl.Cl.Cl. The van der Waals surface area contributed by atoms with Crippen LogP contribution in [0.5, 0.6) is 0 Å². The number of carbonyl (C=O) groups excluding carboxylic acids is 1. The molecular formula is C34H39Cl3N8O. The Balaban J connectivity index is 0.00000160. The smallest absolute Gasteiger partial charge is 0.217 e. The van der Waals surface area contributed by atoms with Crippen LogP contribution in [0.2, 0.25) is 0 Å². The molecule has 9 nitrogen and oxygen atoms in total. The number of pyridine rings is 2. The van der Waals surface area contributed by atoms with Crippen LogP contribution < -0.4 is 21.7 Å². The number of benzene rings is 2. The molecule has 0 radical (unpaired) electrons. The molecule has 0 unspecified atom stereocenters. The zero-order valence-corrected chi connectivity index (χ0v) is 28.0. The number of hydrogen-bond donors (Lipinski definition) is 3. The number of nitrogens with one attached hydrogen (secondary N) is 1. The van der Waals surface area contributed by atoms with Crippen molar-refractivity contribution in [2.75, 3.05) is 23.7 Å². The van der Waals surface area contributed by atoms with Gasteiger partial charge in [-0.3, -0.25) is 9.36 Å². The molecule has 2 aromatic carbocycles. The maximum atomic E-state index is 11.5. The zero-order valence-electron chi connectivity index (χ0n) is 25.6. The molecule has 0 atom stereocenters. The van der Waals surface area contributed by atoms with Gasteiger partial charge in [0.1, 0.15) is 11.3 Å². The Morgan fingerprint density at radius 3 is 2.30 bits per heavy atom. The number of halogens is 3. The van der Waals surface area contributed by atoms with Crippen LogP contribution in [0.15, 0.2) is 79.0 Å². The van der Waals surface area contributed by atoms with Crippen molar-refractivity contribution in [3.63, 3.8) is 0 Å². The Bertz CT molecular complexity index is 1820. The van der Waals surface area contributed by atoms with Gasteiger partial charge in [-0.1, -0.05) is 24.3 Å². The molecule has 0 bridgehead atoms. The predicted molar refractivity (Wildman–Crippen MR) is 192 cm³/mol. The van der Waals surface area contributed by atoms with E-state index in [0.29, 0.717) is 11.6 Å². The van der Waals surface area contributed by atoms with E-state index < -0.39 is 0 Å². The third-order valence-corrected chi connectivity index (χ3v) is 8.94. The van der Waals surface area contributed by atoms with Gasteiger partial charge in [-0.05, 0) is 86.2 Å². The molecule has 7 rings (SSSR count). The van der Waals surface area contributed by atoms with Crippen LogP contribution in [0.25, 0.3) is 39.5 Å². The van der Waals surface area contributed by atoms with Crippen molar-refractivity contribution in [3.8, 4) is 28.3 Å². The van der Waals surface area contributed by atoms with Crippen molar-refractivity contribution >= 4 is 65.8 Å². The highest BCUT2D eigenvalue weighted by atomic mass is 35.5. The van der Waals surface area contributed by atoms with Crippen LogP contribution in [-0.4, -0.2) is 44.6 Å². The largest absolute Gasteiger partial charge is 0.383 e. The highest BCUT2D eigenvalue weighted by Gasteiger charge is 2.34. The molecule has 46 heavy (non-hydrogen) atoms. The second kappa shape index (κ2) is 14.3. The molecule has 3 aromatic heterocycles. The molecule has 2 fully saturated rings. The average molecular weight is 682 g/mol. The molecule has 1 saturated carbocycles. The number of nitrogen functional groups attached to an aromatic ring is 1. The van der Waals surface area contributed by atoms with E-state index in [9.17, 15) is 4.79 Å². The average Bonchev–Trinajstić information content (AvgIpc) is 3.39. The van der Waals surface area contributed by atoms with Gasteiger partial charge in [0.05, 0.1) is 11.3 Å². The summed E-state index contributed by atoms with van der Waals surface area (Å²) in [7, 11) is 0. The fourth-order valence-electron chi connectivity index (χ4n) is 6.37. The highest BCUT2D eigenvalue weighted by Crippen LogP contribution is 2.39. The van der Waals surface area contributed by atoms with Gasteiger partial charge in [0, 0.05) is 54.7 Å².